The highest BCUT2D eigenvalue weighted by atomic mass is 35.5. The molecule has 1 fully saturated rings. The van der Waals surface area contributed by atoms with Crippen LogP contribution in [0.5, 0.6) is 5.75 Å². The Morgan fingerprint density at radius 3 is 1.75 bits per heavy atom. The lowest BCUT2D eigenvalue weighted by Crippen LogP contribution is -2.51. The number of piperidine rings is 1. The van der Waals surface area contributed by atoms with Crippen molar-refractivity contribution in [1.29, 1.82) is 0 Å². The maximum atomic E-state index is 14.3. The Morgan fingerprint density at radius 1 is 0.783 bits per heavy atom. The molecule has 1 saturated heterocycles. The van der Waals surface area contributed by atoms with E-state index in [1.807, 2.05) is 0 Å². The largest absolute Gasteiger partial charge is 0.489 e. The van der Waals surface area contributed by atoms with Crippen LogP contribution in [-0.2, 0) is 49.8 Å². The molecule has 2 amide bonds. The van der Waals surface area contributed by atoms with E-state index in [9.17, 15) is 40.7 Å². The van der Waals surface area contributed by atoms with Gasteiger partial charge in [-0.1, -0.05) is 41.4 Å². The molecule has 0 radical (unpaired) electrons. The zero-order chi connectivity index (χ0) is 44.2. The maximum Gasteiger partial charge on any atom is 0.345 e. The number of carbonyl (C=O) groups excluding carboxylic acids is 2. The van der Waals surface area contributed by atoms with Crippen molar-refractivity contribution >= 4 is 56.3 Å². The predicted octanol–water partition coefficient (Wildman–Crippen LogP) is 10.5. The minimum absolute atomic E-state index is 0.00993. The van der Waals surface area contributed by atoms with Crippen LogP contribution in [0.1, 0.15) is 63.6 Å². The van der Waals surface area contributed by atoms with E-state index in [0.717, 1.165) is 0 Å². The van der Waals surface area contributed by atoms with Crippen LogP contribution in [0.4, 0.5) is 22.0 Å². The van der Waals surface area contributed by atoms with Crippen molar-refractivity contribution in [2.24, 2.45) is 5.92 Å². The first-order valence-corrected chi connectivity index (χ1v) is 23.2. The number of carbonyl (C=O) groups is 2. The molecule has 330 valence electrons. The number of rotatable bonds is 21. The van der Waals surface area contributed by atoms with Crippen LogP contribution < -0.4 is 10.1 Å². The van der Waals surface area contributed by atoms with Gasteiger partial charge in [-0.3, -0.25) is 18.7 Å². The molecule has 0 spiro atoms. The monoisotopic (exact) mass is 926 g/mol. The molecule has 4 rings (SSSR count). The zero-order valence-corrected chi connectivity index (χ0v) is 36.7. The molecule has 0 bridgehead atoms. The third kappa shape index (κ3) is 12.4. The second-order valence-electron chi connectivity index (χ2n) is 13.5. The lowest BCUT2D eigenvalue weighted by molar-refractivity contribution is -0.136. The molecule has 11 nitrogen and oxygen atoms in total. The fourth-order valence-electron chi connectivity index (χ4n) is 6.61. The van der Waals surface area contributed by atoms with Gasteiger partial charge in [0.05, 0.1) is 32.0 Å². The molecule has 60 heavy (non-hydrogen) atoms. The van der Waals surface area contributed by atoms with Gasteiger partial charge in [0.15, 0.2) is 28.7 Å². The molecule has 1 unspecified atom stereocenters. The van der Waals surface area contributed by atoms with E-state index in [1.54, 1.807) is 70.2 Å². The number of likely N-dealkylation sites (tertiary alicyclic amines) is 1. The number of ether oxygens (including phenoxy) is 1. The highest BCUT2D eigenvalue weighted by Gasteiger charge is 2.51. The molecule has 3 aromatic carbocycles. The van der Waals surface area contributed by atoms with Gasteiger partial charge in [0.2, 0.25) is 17.6 Å². The molecule has 0 saturated carbocycles. The molecular weight excluding hydrogens is 880 g/mol. The van der Waals surface area contributed by atoms with Gasteiger partial charge in [0, 0.05) is 41.2 Å². The van der Waals surface area contributed by atoms with Gasteiger partial charge in [-0.15, -0.1) is 0 Å². The molecular formula is C40H47Cl2F5N2O9P2. The van der Waals surface area contributed by atoms with Crippen molar-refractivity contribution in [3.05, 3.63) is 104 Å². The van der Waals surface area contributed by atoms with E-state index in [0.29, 0.717) is 51.9 Å². The van der Waals surface area contributed by atoms with Gasteiger partial charge in [-0.05, 0) is 88.8 Å². The van der Waals surface area contributed by atoms with E-state index in [1.165, 1.54) is 4.90 Å². The Bertz CT molecular complexity index is 1990. The standard InChI is InChI=1S/C40H47Cl2F5N2O9P2/c1-5-55-59(52,56-6-2)34(60(53,57-7-3)58-8-4)23-26-18-20-49(21-19-26)40(51)32(48-33(50)17-16-28-35(43)37(45)39(47)38(46)36(28)44)22-25-12-14-27(15-13-25)54-24-29-30(41)10-9-11-31(29)42/h9-17,26,32,34H,5-8,18-24H2,1-4H3,(H,48,50)/b17-16+. The van der Waals surface area contributed by atoms with E-state index in [-0.39, 0.29) is 64.9 Å². The number of nitrogens with one attached hydrogen (secondary N) is 1. The number of hydrogen-bond acceptors (Lipinski definition) is 9. The van der Waals surface area contributed by atoms with Crippen LogP contribution in [0, 0.1) is 35.0 Å². The average Bonchev–Trinajstić information content (AvgIpc) is 3.21. The summed E-state index contributed by atoms with van der Waals surface area (Å²) in [4.78, 5) is 28.8. The fourth-order valence-corrected chi connectivity index (χ4v) is 12.7. The van der Waals surface area contributed by atoms with E-state index >= 15 is 0 Å². The first-order chi connectivity index (χ1) is 28.5. The van der Waals surface area contributed by atoms with Crippen LogP contribution in [0.3, 0.4) is 0 Å². The van der Waals surface area contributed by atoms with Crippen molar-refractivity contribution in [3.8, 4) is 5.75 Å². The SMILES string of the molecule is CCOP(=O)(OCC)C(CC1CCN(C(=O)C(Cc2ccc(OCc3c(Cl)cccc3Cl)cc2)NC(=O)/C=C/c2c(F)c(F)c(F)c(F)c2F)CC1)P(=O)(OCC)OCC. The fraction of sp³-hybridized carbons (Fsp3) is 0.450. The Hall–Kier alpha value is -3.33. The van der Waals surface area contributed by atoms with Gasteiger partial charge >= 0.3 is 15.2 Å². The summed E-state index contributed by atoms with van der Waals surface area (Å²) in [6.45, 7) is 6.92. The Balaban J connectivity index is 1.55. The third-order valence-corrected chi connectivity index (χ3v) is 16.3. The molecule has 0 aromatic heterocycles. The van der Waals surface area contributed by atoms with Crippen molar-refractivity contribution in [1.82, 2.24) is 10.2 Å². The van der Waals surface area contributed by atoms with E-state index < -0.39 is 73.1 Å². The third-order valence-electron chi connectivity index (χ3n) is 9.50. The normalized spacial score (nSPS) is 14.6. The molecule has 1 aliphatic rings. The molecule has 3 aromatic rings. The van der Waals surface area contributed by atoms with E-state index in [4.69, 9.17) is 46.0 Å². The summed E-state index contributed by atoms with van der Waals surface area (Å²) in [5.74, 6) is -12.4. The van der Waals surface area contributed by atoms with Crippen molar-refractivity contribution in [2.45, 2.75) is 71.4 Å². The molecule has 20 heteroatoms. The van der Waals surface area contributed by atoms with Gasteiger partial charge in [-0.2, -0.15) is 0 Å². The minimum atomic E-state index is -4.03. The summed E-state index contributed by atoms with van der Waals surface area (Å²) in [5, 5.41) is 2.09. The van der Waals surface area contributed by atoms with E-state index in [2.05, 4.69) is 5.32 Å². The molecule has 1 atom stereocenters. The van der Waals surface area contributed by atoms with Crippen LogP contribution in [0.2, 0.25) is 10.0 Å². The molecule has 1 N–H and O–H groups in total. The number of halogens is 7. The molecule has 0 aliphatic carbocycles. The van der Waals surface area contributed by atoms with Crippen molar-refractivity contribution < 1.29 is 63.5 Å². The van der Waals surface area contributed by atoms with Crippen molar-refractivity contribution in [2.75, 3.05) is 39.5 Å². The first-order valence-electron chi connectivity index (χ1n) is 19.2. The molecule has 1 heterocycles. The van der Waals surface area contributed by atoms with Gasteiger partial charge < -0.3 is 33.0 Å². The van der Waals surface area contributed by atoms with Gasteiger partial charge in [-0.25, -0.2) is 22.0 Å². The average molecular weight is 928 g/mol. The van der Waals surface area contributed by atoms with Crippen LogP contribution in [0.15, 0.2) is 48.5 Å². The number of nitrogens with zero attached hydrogens (tertiary/aromatic N) is 1. The highest BCUT2D eigenvalue weighted by Crippen LogP contribution is 2.72. The lowest BCUT2D eigenvalue weighted by atomic mass is 9.93. The highest BCUT2D eigenvalue weighted by molar-refractivity contribution is 7.72. The van der Waals surface area contributed by atoms with Crippen molar-refractivity contribution in [3.63, 3.8) is 0 Å². The Labute approximate surface area is 355 Å². The predicted molar refractivity (Wildman–Crippen MR) is 218 cm³/mol. The second kappa shape index (κ2) is 22.7. The summed E-state index contributed by atoms with van der Waals surface area (Å²) < 4.78 is 126. The lowest BCUT2D eigenvalue weighted by Gasteiger charge is -2.37. The maximum absolute atomic E-state index is 14.3. The number of amides is 2. The van der Waals surface area contributed by atoms with Gasteiger partial charge in [0.25, 0.3) is 0 Å². The summed E-state index contributed by atoms with van der Waals surface area (Å²) in [6.07, 6.45) is 1.67. The summed E-state index contributed by atoms with van der Waals surface area (Å²) in [7, 11) is -8.06. The molecule has 1 aliphatic heterocycles. The summed E-state index contributed by atoms with van der Waals surface area (Å²) in [5.41, 5.74) is -0.204. The number of hydrogen-bond donors (Lipinski definition) is 1. The zero-order valence-electron chi connectivity index (χ0n) is 33.4. The minimum Gasteiger partial charge on any atom is -0.489 e. The van der Waals surface area contributed by atoms with Crippen LogP contribution >= 0.6 is 38.4 Å². The Morgan fingerprint density at radius 2 is 1.27 bits per heavy atom. The van der Waals surface area contributed by atoms with Crippen LogP contribution in [0.25, 0.3) is 6.08 Å². The quantitative estimate of drug-likeness (QED) is 0.0365. The smallest absolute Gasteiger partial charge is 0.345 e. The first kappa shape index (κ1) is 49.3. The second-order valence-corrected chi connectivity index (χ2v) is 19.1. The number of benzene rings is 3. The van der Waals surface area contributed by atoms with Crippen LogP contribution in [-0.4, -0.2) is 67.7 Å². The summed E-state index contributed by atoms with van der Waals surface area (Å²) >= 11 is 12.5. The topological polar surface area (TPSA) is 130 Å². The Kier molecular flexibility index (Phi) is 18.6. The van der Waals surface area contributed by atoms with Gasteiger partial charge in [0.1, 0.15) is 18.4 Å². The summed E-state index contributed by atoms with van der Waals surface area (Å²) in [6, 6.07) is 10.3.